The van der Waals surface area contributed by atoms with Crippen LogP contribution in [0.25, 0.3) is 16.9 Å². The quantitative estimate of drug-likeness (QED) is 0.198. The summed E-state index contributed by atoms with van der Waals surface area (Å²) in [6, 6.07) is 9.33. The average Bonchev–Trinajstić information content (AvgIpc) is 3.29. The zero-order valence-corrected chi connectivity index (χ0v) is 25.8. The van der Waals surface area contributed by atoms with Crippen molar-refractivity contribution in [2.24, 2.45) is 5.92 Å². The largest absolute Gasteiger partial charge is 0.493 e. The molecule has 0 atom stereocenters. The molecule has 11 nitrogen and oxygen atoms in total. The van der Waals surface area contributed by atoms with Gasteiger partial charge in [-0.1, -0.05) is 33.6 Å². The molecule has 2 heterocycles. The summed E-state index contributed by atoms with van der Waals surface area (Å²) < 4.78 is 48.5. The number of nitrogens with zero attached hydrogens (tertiary/aromatic N) is 3. The number of hydrogen-bond acceptors (Lipinski definition) is 8. The molecule has 12 heteroatoms. The van der Waals surface area contributed by atoms with Crippen molar-refractivity contribution in [2.75, 3.05) is 25.0 Å². The molecule has 0 unspecified atom stereocenters. The maximum atomic E-state index is 13.6. The van der Waals surface area contributed by atoms with Crippen molar-refractivity contribution in [2.45, 2.75) is 65.2 Å². The minimum absolute atomic E-state index is 0.0328. The number of imidazole rings is 1. The van der Waals surface area contributed by atoms with Crippen LogP contribution in [-0.2, 0) is 16.4 Å². The standard InChI is InChI=1S/C30H39N5O6S/c1-7-11-27-31-19(5)28-30(36)32-29(33-35(27)28)23-17-22(13-15-24(23)40-10-4)42(37,38)34-21-12-14-25(39-6)26(16-21)41-18-20(8-2)9-3/h12-17,20,34H,7-11,18H2,1-6H3,(H,32,33,36). The van der Waals surface area contributed by atoms with Crippen LogP contribution in [0.2, 0.25) is 0 Å². The van der Waals surface area contributed by atoms with E-state index >= 15 is 0 Å². The second-order valence-electron chi connectivity index (χ2n) is 9.98. The number of nitrogens with one attached hydrogen (secondary N) is 2. The van der Waals surface area contributed by atoms with Gasteiger partial charge in [-0.3, -0.25) is 9.52 Å². The van der Waals surface area contributed by atoms with E-state index in [1.807, 2.05) is 13.8 Å². The van der Waals surface area contributed by atoms with Crippen LogP contribution < -0.4 is 24.5 Å². The van der Waals surface area contributed by atoms with Gasteiger partial charge in [0.25, 0.3) is 15.6 Å². The summed E-state index contributed by atoms with van der Waals surface area (Å²) in [5.41, 5.74) is 1.20. The molecule has 226 valence electrons. The number of aryl methyl sites for hydroxylation is 2. The van der Waals surface area contributed by atoms with Crippen molar-refractivity contribution in [1.29, 1.82) is 0 Å². The van der Waals surface area contributed by atoms with E-state index in [1.165, 1.54) is 23.8 Å². The van der Waals surface area contributed by atoms with Crippen LogP contribution in [0.15, 0.2) is 46.1 Å². The number of methoxy groups -OCH3 is 1. The van der Waals surface area contributed by atoms with E-state index < -0.39 is 10.0 Å². The lowest BCUT2D eigenvalue weighted by molar-refractivity contribution is 0.231. The number of H-pyrrole nitrogens is 1. The molecule has 4 rings (SSSR count). The number of aromatic nitrogens is 4. The summed E-state index contributed by atoms with van der Waals surface area (Å²) in [6.45, 7) is 10.6. The molecule has 0 saturated heterocycles. The second kappa shape index (κ2) is 13.3. The minimum atomic E-state index is -4.06. The number of benzene rings is 2. The second-order valence-corrected chi connectivity index (χ2v) is 11.7. The van der Waals surface area contributed by atoms with Crippen LogP contribution in [0.3, 0.4) is 0 Å². The molecule has 42 heavy (non-hydrogen) atoms. The van der Waals surface area contributed by atoms with Gasteiger partial charge in [0.05, 0.1) is 42.2 Å². The first-order chi connectivity index (χ1) is 20.1. The zero-order valence-electron chi connectivity index (χ0n) is 25.0. The highest BCUT2D eigenvalue weighted by Gasteiger charge is 2.22. The summed E-state index contributed by atoms with van der Waals surface area (Å²) in [5, 5.41) is 4.65. The van der Waals surface area contributed by atoms with Crippen molar-refractivity contribution >= 4 is 21.2 Å². The van der Waals surface area contributed by atoms with Crippen LogP contribution in [0.1, 0.15) is 58.5 Å². The molecule has 0 amide bonds. The van der Waals surface area contributed by atoms with E-state index in [0.717, 1.165) is 19.3 Å². The van der Waals surface area contributed by atoms with Gasteiger partial charge in [-0.05, 0) is 56.5 Å². The van der Waals surface area contributed by atoms with Gasteiger partial charge in [0.1, 0.15) is 11.6 Å². The van der Waals surface area contributed by atoms with Crippen LogP contribution in [-0.4, -0.2) is 48.3 Å². The van der Waals surface area contributed by atoms with Gasteiger partial charge in [0.15, 0.2) is 22.8 Å². The molecule has 2 aromatic heterocycles. The smallest absolute Gasteiger partial charge is 0.277 e. The van der Waals surface area contributed by atoms with E-state index in [4.69, 9.17) is 14.2 Å². The molecule has 0 aliphatic heterocycles. The third-order valence-electron chi connectivity index (χ3n) is 7.08. The number of aromatic amines is 1. The highest BCUT2D eigenvalue weighted by molar-refractivity contribution is 7.92. The molecular formula is C30H39N5O6S. The number of hydrogen-bond donors (Lipinski definition) is 2. The Kier molecular flexibility index (Phi) is 9.77. The maximum absolute atomic E-state index is 13.6. The van der Waals surface area contributed by atoms with Crippen molar-refractivity contribution in [3.05, 3.63) is 58.3 Å². The van der Waals surface area contributed by atoms with E-state index in [2.05, 4.69) is 33.6 Å². The van der Waals surface area contributed by atoms with Crippen molar-refractivity contribution < 1.29 is 22.6 Å². The molecule has 0 aliphatic rings. The molecule has 0 fully saturated rings. The fourth-order valence-corrected chi connectivity index (χ4v) is 5.76. The highest BCUT2D eigenvalue weighted by atomic mass is 32.2. The maximum Gasteiger partial charge on any atom is 0.277 e. The Morgan fingerprint density at radius 3 is 2.40 bits per heavy atom. The SMILES string of the molecule is CCCc1nc(C)c2c(=O)[nH]c(-c3cc(S(=O)(=O)Nc4ccc(OC)c(OCC(CC)CC)c4)ccc3OCC)nn12. The molecule has 4 aromatic rings. The molecule has 2 aromatic carbocycles. The van der Waals surface area contributed by atoms with Crippen LogP contribution >= 0.6 is 0 Å². The van der Waals surface area contributed by atoms with E-state index in [9.17, 15) is 13.2 Å². The lowest BCUT2D eigenvalue weighted by Gasteiger charge is -2.17. The van der Waals surface area contributed by atoms with Gasteiger partial charge >= 0.3 is 0 Å². The Morgan fingerprint density at radius 1 is 1.00 bits per heavy atom. The molecule has 0 aliphatic carbocycles. The number of rotatable bonds is 14. The molecule has 0 saturated carbocycles. The molecule has 2 N–H and O–H groups in total. The Hall–Kier alpha value is -4.06. The Balaban J connectivity index is 1.73. The third-order valence-corrected chi connectivity index (χ3v) is 8.46. The summed E-state index contributed by atoms with van der Waals surface area (Å²) in [5.74, 6) is 2.54. The lowest BCUT2D eigenvalue weighted by Crippen LogP contribution is -2.17. The fourth-order valence-electron chi connectivity index (χ4n) is 4.68. The third kappa shape index (κ3) is 6.53. The molecule has 0 bridgehead atoms. The highest BCUT2D eigenvalue weighted by Crippen LogP contribution is 2.34. The van der Waals surface area contributed by atoms with Crippen molar-refractivity contribution in [3.63, 3.8) is 0 Å². The lowest BCUT2D eigenvalue weighted by atomic mass is 10.1. The Labute approximate surface area is 246 Å². The predicted molar refractivity (Wildman–Crippen MR) is 162 cm³/mol. The number of fused-ring (bicyclic) bond motifs is 1. The number of sulfonamides is 1. The van der Waals surface area contributed by atoms with Gasteiger partial charge in [0, 0.05) is 12.5 Å². The van der Waals surface area contributed by atoms with E-state index in [1.54, 1.807) is 31.2 Å². The van der Waals surface area contributed by atoms with Crippen LogP contribution in [0.4, 0.5) is 5.69 Å². The average molecular weight is 598 g/mol. The van der Waals surface area contributed by atoms with E-state index in [-0.39, 0.29) is 16.3 Å². The van der Waals surface area contributed by atoms with E-state index in [0.29, 0.717) is 71.1 Å². The molecular weight excluding hydrogens is 558 g/mol. The molecule has 0 radical (unpaired) electrons. The zero-order chi connectivity index (χ0) is 30.4. The number of anilines is 1. The predicted octanol–water partition coefficient (Wildman–Crippen LogP) is 5.37. The first kappa shape index (κ1) is 30.9. The first-order valence-corrected chi connectivity index (χ1v) is 15.7. The van der Waals surface area contributed by atoms with Gasteiger partial charge < -0.3 is 19.2 Å². The van der Waals surface area contributed by atoms with Gasteiger partial charge in [0.2, 0.25) is 0 Å². The fraction of sp³-hybridized carbons (Fsp3) is 0.433. The Bertz CT molecular complexity index is 1710. The normalized spacial score (nSPS) is 11.7. The van der Waals surface area contributed by atoms with Gasteiger partial charge in [-0.15, -0.1) is 5.10 Å². The summed E-state index contributed by atoms with van der Waals surface area (Å²) in [6.07, 6.45) is 3.39. The van der Waals surface area contributed by atoms with Crippen LogP contribution in [0, 0.1) is 12.8 Å². The monoisotopic (exact) mass is 597 g/mol. The summed E-state index contributed by atoms with van der Waals surface area (Å²) >= 11 is 0. The van der Waals surface area contributed by atoms with Crippen molar-refractivity contribution in [3.8, 4) is 28.6 Å². The number of ether oxygens (including phenoxy) is 3. The minimum Gasteiger partial charge on any atom is -0.493 e. The van der Waals surface area contributed by atoms with Crippen LogP contribution in [0.5, 0.6) is 17.2 Å². The first-order valence-electron chi connectivity index (χ1n) is 14.2. The van der Waals surface area contributed by atoms with Gasteiger partial charge in [-0.25, -0.2) is 17.9 Å². The molecule has 0 spiro atoms. The van der Waals surface area contributed by atoms with Crippen molar-refractivity contribution in [1.82, 2.24) is 19.6 Å². The Morgan fingerprint density at radius 2 is 1.74 bits per heavy atom. The van der Waals surface area contributed by atoms with Gasteiger partial charge in [-0.2, -0.15) is 0 Å². The topological polar surface area (TPSA) is 137 Å². The summed E-state index contributed by atoms with van der Waals surface area (Å²) in [7, 11) is -2.52. The summed E-state index contributed by atoms with van der Waals surface area (Å²) in [4.78, 5) is 20.3.